The minimum Gasteiger partial charge on any atom is -0.366 e. The van der Waals surface area contributed by atoms with Crippen LogP contribution >= 0.6 is 0 Å². The minimum absolute atomic E-state index is 0.287. The van der Waals surface area contributed by atoms with Crippen LogP contribution in [0.1, 0.15) is 5.56 Å². The molecule has 0 atom stereocenters. The van der Waals surface area contributed by atoms with Crippen molar-refractivity contribution in [2.24, 2.45) is 0 Å². The smallest absolute Gasteiger partial charge is 0.315 e. The molecule has 0 spiro atoms. The average molecular weight is 342 g/mol. The Morgan fingerprint density at radius 1 is 1.08 bits per heavy atom. The van der Waals surface area contributed by atoms with Crippen molar-refractivity contribution < 1.29 is 14.0 Å². The quantitative estimate of drug-likeness (QED) is 0.846. The maximum absolute atomic E-state index is 13.8. The predicted molar refractivity (Wildman–Crippen MR) is 92.8 cm³/mol. The number of hydrogen-bond acceptors (Lipinski definition) is 4. The lowest BCUT2D eigenvalue weighted by atomic mass is 10.2. The van der Waals surface area contributed by atoms with E-state index in [0.717, 1.165) is 5.56 Å². The molecular formula is C18H19FN4O2. The molecule has 1 fully saturated rings. The average Bonchev–Trinajstić information content (AvgIpc) is 2.63. The third kappa shape index (κ3) is 3.93. The van der Waals surface area contributed by atoms with Gasteiger partial charge in [-0.05, 0) is 30.7 Å². The van der Waals surface area contributed by atoms with Crippen molar-refractivity contribution in [1.29, 1.82) is 0 Å². The summed E-state index contributed by atoms with van der Waals surface area (Å²) in [6, 6.07) is 9.99. The van der Waals surface area contributed by atoms with E-state index in [-0.39, 0.29) is 5.82 Å². The lowest BCUT2D eigenvalue weighted by molar-refractivity contribution is -0.143. The van der Waals surface area contributed by atoms with E-state index in [0.29, 0.717) is 37.7 Å². The highest BCUT2D eigenvalue weighted by atomic mass is 19.1. The van der Waals surface area contributed by atoms with Gasteiger partial charge in [0.2, 0.25) is 0 Å². The number of aromatic nitrogens is 1. The topological polar surface area (TPSA) is 65.5 Å². The number of piperazine rings is 1. The van der Waals surface area contributed by atoms with Gasteiger partial charge in [0.1, 0.15) is 11.6 Å². The number of anilines is 2. The molecule has 0 radical (unpaired) electrons. The van der Waals surface area contributed by atoms with Crippen molar-refractivity contribution in [3.8, 4) is 0 Å². The second-order valence-corrected chi connectivity index (χ2v) is 5.91. The molecule has 0 aliphatic carbocycles. The largest absolute Gasteiger partial charge is 0.366 e. The maximum atomic E-state index is 13.8. The summed E-state index contributed by atoms with van der Waals surface area (Å²) >= 11 is 0. The van der Waals surface area contributed by atoms with Gasteiger partial charge in [-0.3, -0.25) is 9.59 Å². The number of nitrogens with zero attached hydrogens (tertiary/aromatic N) is 3. The number of para-hydroxylation sites is 1. The SMILES string of the molecule is Cc1ccc(NC(=O)C(=O)N2CCN(c3ccccc3F)CC2)nc1. The zero-order chi connectivity index (χ0) is 17.8. The van der Waals surface area contributed by atoms with E-state index in [1.165, 1.54) is 11.0 Å². The Morgan fingerprint density at radius 3 is 2.44 bits per heavy atom. The fourth-order valence-electron chi connectivity index (χ4n) is 2.71. The second-order valence-electron chi connectivity index (χ2n) is 5.91. The lowest BCUT2D eigenvalue weighted by Crippen LogP contribution is -2.51. The Hall–Kier alpha value is -2.96. The number of rotatable bonds is 2. The van der Waals surface area contributed by atoms with E-state index in [1.54, 1.807) is 36.5 Å². The summed E-state index contributed by atoms with van der Waals surface area (Å²) in [5.74, 6) is -1.26. The molecule has 130 valence electrons. The molecule has 0 saturated carbocycles. The highest BCUT2D eigenvalue weighted by molar-refractivity contribution is 6.39. The zero-order valence-electron chi connectivity index (χ0n) is 13.9. The first kappa shape index (κ1) is 16.9. The number of aryl methyl sites for hydroxylation is 1. The first-order valence-electron chi connectivity index (χ1n) is 8.07. The van der Waals surface area contributed by atoms with Crippen LogP contribution in [-0.2, 0) is 9.59 Å². The lowest BCUT2D eigenvalue weighted by Gasteiger charge is -2.35. The predicted octanol–water partition coefficient (Wildman–Crippen LogP) is 1.82. The highest BCUT2D eigenvalue weighted by Gasteiger charge is 2.27. The first-order chi connectivity index (χ1) is 12.0. The van der Waals surface area contributed by atoms with Crippen LogP contribution < -0.4 is 10.2 Å². The molecule has 2 aromatic rings. The molecule has 1 N–H and O–H groups in total. The van der Waals surface area contributed by atoms with Gasteiger partial charge < -0.3 is 15.1 Å². The molecule has 1 aliphatic heterocycles. The van der Waals surface area contributed by atoms with E-state index < -0.39 is 11.8 Å². The Bertz CT molecular complexity index is 771. The van der Waals surface area contributed by atoms with Crippen LogP contribution in [0.25, 0.3) is 0 Å². The van der Waals surface area contributed by atoms with Crippen LogP contribution in [-0.4, -0.2) is 47.9 Å². The van der Waals surface area contributed by atoms with Crippen molar-refractivity contribution in [2.75, 3.05) is 36.4 Å². The third-order valence-corrected chi connectivity index (χ3v) is 4.11. The fourth-order valence-corrected chi connectivity index (χ4v) is 2.71. The van der Waals surface area contributed by atoms with Gasteiger partial charge in [-0.15, -0.1) is 0 Å². The van der Waals surface area contributed by atoms with Gasteiger partial charge in [-0.1, -0.05) is 18.2 Å². The van der Waals surface area contributed by atoms with Crippen molar-refractivity contribution in [2.45, 2.75) is 6.92 Å². The molecule has 2 heterocycles. The van der Waals surface area contributed by atoms with E-state index >= 15 is 0 Å². The Balaban J connectivity index is 1.57. The first-order valence-corrected chi connectivity index (χ1v) is 8.07. The van der Waals surface area contributed by atoms with E-state index in [4.69, 9.17) is 0 Å². The fraction of sp³-hybridized carbons (Fsp3) is 0.278. The monoisotopic (exact) mass is 342 g/mol. The summed E-state index contributed by atoms with van der Waals surface area (Å²) in [5.41, 5.74) is 1.48. The Kier molecular flexibility index (Phi) is 4.92. The molecule has 6 nitrogen and oxygen atoms in total. The Morgan fingerprint density at radius 2 is 1.80 bits per heavy atom. The third-order valence-electron chi connectivity index (χ3n) is 4.11. The van der Waals surface area contributed by atoms with Gasteiger partial charge >= 0.3 is 11.8 Å². The number of halogens is 1. The van der Waals surface area contributed by atoms with E-state index in [2.05, 4.69) is 10.3 Å². The van der Waals surface area contributed by atoms with Crippen LogP contribution in [0.4, 0.5) is 15.9 Å². The number of carbonyl (C=O) groups excluding carboxylic acids is 2. The molecule has 7 heteroatoms. The maximum Gasteiger partial charge on any atom is 0.315 e. The molecule has 1 aromatic carbocycles. The summed E-state index contributed by atoms with van der Waals surface area (Å²) in [6.45, 7) is 3.56. The molecule has 0 bridgehead atoms. The van der Waals surface area contributed by atoms with E-state index in [1.807, 2.05) is 11.8 Å². The summed E-state index contributed by atoms with van der Waals surface area (Å²) in [7, 11) is 0. The van der Waals surface area contributed by atoms with Gasteiger partial charge in [0.15, 0.2) is 0 Å². The number of benzene rings is 1. The van der Waals surface area contributed by atoms with Crippen LogP contribution in [0, 0.1) is 12.7 Å². The number of pyridine rings is 1. The number of amides is 2. The molecule has 3 rings (SSSR count). The van der Waals surface area contributed by atoms with Gasteiger partial charge in [0.05, 0.1) is 5.69 Å². The standard InChI is InChI=1S/C18H19FN4O2/c1-13-6-7-16(20-12-13)21-17(24)18(25)23-10-8-22(9-11-23)15-5-3-2-4-14(15)19/h2-7,12H,8-11H2,1H3,(H,20,21,24). The Labute approximate surface area is 145 Å². The summed E-state index contributed by atoms with van der Waals surface area (Å²) in [4.78, 5) is 31.8. The zero-order valence-corrected chi connectivity index (χ0v) is 13.9. The summed E-state index contributed by atoms with van der Waals surface area (Å²) < 4.78 is 13.8. The van der Waals surface area contributed by atoms with Crippen LogP contribution in [0.2, 0.25) is 0 Å². The normalized spacial score (nSPS) is 14.3. The highest BCUT2D eigenvalue weighted by Crippen LogP contribution is 2.20. The molecule has 1 aliphatic rings. The number of hydrogen-bond donors (Lipinski definition) is 1. The molecule has 1 saturated heterocycles. The van der Waals surface area contributed by atoms with Crippen molar-refractivity contribution in [3.63, 3.8) is 0 Å². The van der Waals surface area contributed by atoms with Crippen LogP contribution in [0.15, 0.2) is 42.6 Å². The minimum atomic E-state index is -0.712. The molecule has 0 unspecified atom stereocenters. The molecular weight excluding hydrogens is 323 g/mol. The van der Waals surface area contributed by atoms with Gasteiger partial charge in [-0.25, -0.2) is 9.37 Å². The van der Waals surface area contributed by atoms with Crippen molar-refractivity contribution in [3.05, 3.63) is 54.0 Å². The molecule has 1 aromatic heterocycles. The van der Waals surface area contributed by atoms with E-state index in [9.17, 15) is 14.0 Å². The van der Waals surface area contributed by atoms with Gasteiger partial charge in [-0.2, -0.15) is 0 Å². The summed E-state index contributed by atoms with van der Waals surface area (Å²) in [6.07, 6.45) is 1.62. The molecule has 2 amide bonds. The second kappa shape index (κ2) is 7.29. The van der Waals surface area contributed by atoms with Crippen LogP contribution in [0.3, 0.4) is 0 Å². The summed E-state index contributed by atoms with van der Waals surface area (Å²) in [5, 5.41) is 2.50. The van der Waals surface area contributed by atoms with Crippen molar-refractivity contribution in [1.82, 2.24) is 9.88 Å². The number of carbonyl (C=O) groups is 2. The van der Waals surface area contributed by atoms with Crippen molar-refractivity contribution >= 4 is 23.3 Å². The van der Waals surface area contributed by atoms with Gasteiger partial charge in [0.25, 0.3) is 0 Å². The number of nitrogens with one attached hydrogen (secondary N) is 1. The molecule has 25 heavy (non-hydrogen) atoms. The van der Waals surface area contributed by atoms with Gasteiger partial charge in [0, 0.05) is 32.4 Å². The van der Waals surface area contributed by atoms with Crippen LogP contribution in [0.5, 0.6) is 0 Å².